The molecule has 2 N–H and O–H groups in total. The first-order valence-corrected chi connectivity index (χ1v) is 10.6. The molecule has 0 atom stereocenters. The van der Waals surface area contributed by atoms with Crippen molar-refractivity contribution in [3.05, 3.63) is 119 Å². The van der Waals surface area contributed by atoms with E-state index in [0.29, 0.717) is 23.0 Å². The van der Waals surface area contributed by atoms with E-state index in [1.807, 2.05) is 48.5 Å². The van der Waals surface area contributed by atoms with Crippen LogP contribution in [0.2, 0.25) is 0 Å². The lowest BCUT2D eigenvalue weighted by Crippen LogP contribution is -1.97. The second-order valence-corrected chi connectivity index (χ2v) is 7.72. The Hall–Kier alpha value is -4.58. The Kier molecular flexibility index (Phi) is 6.59. The maximum atomic E-state index is 11.0. The van der Waals surface area contributed by atoms with Gasteiger partial charge >= 0.3 is 11.9 Å². The predicted octanol–water partition coefficient (Wildman–Crippen LogP) is 6.82. The zero-order valence-corrected chi connectivity index (χ0v) is 18.3. The molecule has 0 amide bonds. The number of aromatic carboxylic acids is 2. The second-order valence-electron chi connectivity index (χ2n) is 7.72. The van der Waals surface area contributed by atoms with Crippen molar-refractivity contribution < 1.29 is 29.3 Å². The first-order valence-electron chi connectivity index (χ1n) is 10.6. The predicted molar refractivity (Wildman–Crippen MR) is 127 cm³/mol. The molecule has 170 valence electrons. The molecule has 0 aromatic heterocycles. The Morgan fingerprint density at radius 1 is 0.529 bits per heavy atom. The van der Waals surface area contributed by atoms with Crippen LogP contribution in [-0.4, -0.2) is 22.2 Å². The SMILES string of the molecule is CC(c1ccc(Oc2ccc(C(=O)O)cc2)cc1)c1ccc(Oc2ccc(C(=O)O)cc2)cc1. The molecular formula is C28H22O6. The van der Waals surface area contributed by atoms with E-state index in [2.05, 4.69) is 6.92 Å². The fourth-order valence-electron chi connectivity index (χ4n) is 3.44. The molecule has 0 saturated heterocycles. The number of carbonyl (C=O) groups is 2. The highest BCUT2D eigenvalue weighted by Gasteiger charge is 2.10. The van der Waals surface area contributed by atoms with Crippen LogP contribution in [0, 0.1) is 0 Å². The molecule has 4 rings (SSSR count). The second kappa shape index (κ2) is 9.92. The van der Waals surface area contributed by atoms with Crippen molar-refractivity contribution in [3.8, 4) is 23.0 Å². The Balaban J connectivity index is 1.38. The Morgan fingerprint density at radius 2 is 0.794 bits per heavy atom. The first kappa shape index (κ1) is 22.6. The van der Waals surface area contributed by atoms with Crippen LogP contribution in [0.25, 0.3) is 0 Å². The number of ether oxygens (including phenoxy) is 2. The van der Waals surface area contributed by atoms with Crippen molar-refractivity contribution in [2.24, 2.45) is 0 Å². The van der Waals surface area contributed by atoms with Gasteiger partial charge in [0.15, 0.2) is 0 Å². The minimum absolute atomic E-state index is 0.146. The van der Waals surface area contributed by atoms with E-state index in [1.165, 1.54) is 24.3 Å². The van der Waals surface area contributed by atoms with Gasteiger partial charge in [-0.15, -0.1) is 0 Å². The van der Waals surface area contributed by atoms with Crippen LogP contribution in [0.1, 0.15) is 44.7 Å². The summed E-state index contributed by atoms with van der Waals surface area (Å²) >= 11 is 0. The lowest BCUT2D eigenvalue weighted by atomic mass is 9.93. The number of carboxylic acids is 2. The fraction of sp³-hybridized carbons (Fsp3) is 0.0714. The highest BCUT2D eigenvalue weighted by atomic mass is 16.5. The average molecular weight is 454 g/mol. The van der Waals surface area contributed by atoms with E-state index in [0.717, 1.165) is 11.1 Å². The third kappa shape index (κ3) is 5.42. The highest BCUT2D eigenvalue weighted by molar-refractivity contribution is 5.88. The number of hydrogen-bond donors (Lipinski definition) is 2. The molecule has 0 fully saturated rings. The standard InChI is InChI=1S/C28H22O6/c1-18(19-2-10-23(11-3-19)33-25-14-6-21(7-15-25)27(29)30)20-4-12-24(13-5-20)34-26-16-8-22(9-17-26)28(31)32/h2-18H,1H3,(H,29,30)(H,31,32). The summed E-state index contributed by atoms with van der Waals surface area (Å²) in [6.07, 6.45) is 0. The maximum Gasteiger partial charge on any atom is 0.335 e. The van der Waals surface area contributed by atoms with Gasteiger partial charge in [-0.1, -0.05) is 31.2 Å². The number of benzene rings is 4. The molecule has 34 heavy (non-hydrogen) atoms. The van der Waals surface area contributed by atoms with Crippen molar-refractivity contribution in [1.29, 1.82) is 0 Å². The molecule has 0 aliphatic heterocycles. The average Bonchev–Trinajstić information content (AvgIpc) is 2.85. The molecule has 0 saturated carbocycles. The minimum Gasteiger partial charge on any atom is -0.478 e. The minimum atomic E-state index is -0.973. The van der Waals surface area contributed by atoms with E-state index < -0.39 is 11.9 Å². The zero-order valence-electron chi connectivity index (χ0n) is 18.3. The fourth-order valence-corrected chi connectivity index (χ4v) is 3.44. The maximum absolute atomic E-state index is 11.0. The molecule has 4 aromatic rings. The van der Waals surface area contributed by atoms with E-state index in [9.17, 15) is 9.59 Å². The molecule has 6 heteroatoms. The van der Waals surface area contributed by atoms with Crippen LogP contribution < -0.4 is 9.47 Å². The Labute approximate surface area is 196 Å². The molecule has 0 aliphatic carbocycles. The van der Waals surface area contributed by atoms with Crippen molar-refractivity contribution in [2.75, 3.05) is 0 Å². The molecule has 0 unspecified atom stereocenters. The van der Waals surface area contributed by atoms with Gasteiger partial charge in [-0.25, -0.2) is 9.59 Å². The molecule has 0 spiro atoms. The van der Waals surface area contributed by atoms with Crippen LogP contribution in [-0.2, 0) is 0 Å². The van der Waals surface area contributed by atoms with Crippen molar-refractivity contribution in [3.63, 3.8) is 0 Å². The van der Waals surface area contributed by atoms with Crippen LogP contribution in [0.15, 0.2) is 97.1 Å². The van der Waals surface area contributed by atoms with Gasteiger partial charge in [-0.05, 0) is 83.9 Å². The van der Waals surface area contributed by atoms with Gasteiger partial charge < -0.3 is 19.7 Å². The summed E-state index contributed by atoms with van der Waals surface area (Å²) in [5, 5.41) is 18.0. The number of hydrogen-bond acceptors (Lipinski definition) is 4. The lowest BCUT2D eigenvalue weighted by Gasteiger charge is -2.14. The van der Waals surface area contributed by atoms with Crippen molar-refractivity contribution in [1.82, 2.24) is 0 Å². The van der Waals surface area contributed by atoms with Crippen LogP contribution >= 0.6 is 0 Å². The molecule has 4 aromatic carbocycles. The van der Waals surface area contributed by atoms with Crippen molar-refractivity contribution >= 4 is 11.9 Å². The van der Waals surface area contributed by atoms with Gasteiger partial charge in [0, 0.05) is 5.92 Å². The van der Waals surface area contributed by atoms with E-state index >= 15 is 0 Å². The molecule has 0 radical (unpaired) electrons. The van der Waals surface area contributed by atoms with Gasteiger partial charge in [-0.3, -0.25) is 0 Å². The molecule has 0 bridgehead atoms. The largest absolute Gasteiger partial charge is 0.478 e. The van der Waals surface area contributed by atoms with E-state index in [-0.39, 0.29) is 17.0 Å². The van der Waals surface area contributed by atoms with Gasteiger partial charge in [0.1, 0.15) is 23.0 Å². The number of carboxylic acid groups (broad SMARTS) is 2. The van der Waals surface area contributed by atoms with Gasteiger partial charge in [0.2, 0.25) is 0 Å². The van der Waals surface area contributed by atoms with Gasteiger partial charge in [0.05, 0.1) is 11.1 Å². The highest BCUT2D eigenvalue weighted by Crippen LogP contribution is 2.30. The van der Waals surface area contributed by atoms with Gasteiger partial charge in [0.25, 0.3) is 0 Å². The summed E-state index contributed by atoms with van der Waals surface area (Å²) in [7, 11) is 0. The van der Waals surface area contributed by atoms with E-state index in [1.54, 1.807) is 24.3 Å². The van der Waals surface area contributed by atoms with Crippen LogP contribution in [0.4, 0.5) is 0 Å². The Bertz CT molecular complexity index is 1170. The van der Waals surface area contributed by atoms with Gasteiger partial charge in [-0.2, -0.15) is 0 Å². The quantitative estimate of drug-likeness (QED) is 0.303. The summed E-state index contributed by atoms with van der Waals surface area (Å²) in [5.74, 6) is 0.664. The summed E-state index contributed by atoms with van der Waals surface area (Å²) in [6, 6.07) is 28.1. The molecular weight excluding hydrogens is 432 g/mol. The summed E-state index contributed by atoms with van der Waals surface area (Å²) < 4.78 is 11.6. The normalized spacial score (nSPS) is 10.6. The van der Waals surface area contributed by atoms with Crippen LogP contribution in [0.5, 0.6) is 23.0 Å². The Morgan fingerprint density at radius 3 is 1.06 bits per heavy atom. The van der Waals surface area contributed by atoms with E-state index in [4.69, 9.17) is 19.7 Å². The summed E-state index contributed by atoms with van der Waals surface area (Å²) in [4.78, 5) is 21.9. The molecule has 0 aliphatic rings. The van der Waals surface area contributed by atoms with Crippen LogP contribution in [0.3, 0.4) is 0 Å². The molecule has 6 nitrogen and oxygen atoms in total. The third-order valence-corrected chi connectivity index (χ3v) is 5.43. The first-order chi connectivity index (χ1) is 16.4. The topological polar surface area (TPSA) is 93.1 Å². The lowest BCUT2D eigenvalue weighted by molar-refractivity contribution is 0.0686. The smallest absolute Gasteiger partial charge is 0.335 e. The molecule has 0 heterocycles. The third-order valence-electron chi connectivity index (χ3n) is 5.43. The summed E-state index contributed by atoms with van der Waals surface area (Å²) in [5.41, 5.74) is 2.66. The monoisotopic (exact) mass is 454 g/mol. The zero-order chi connectivity index (χ0) is 24.1. The summed E-state index contributed by atoms with van der Waals surface area (Å²) in [6.45, 7) is 2.11. The van der Waals surface area contributed by atoms with Crippen molar-refractivity contribution in [2.45, 2.75) is 12.8 Å². The number of rotatable bonds is 8.